The predicted molar refractivity (Wildman–Crippen MR) is 132 cm³/mol. The first-order valence-electron chi connectivity index (χ1n) is 11.5. The van der Waals surface area contributed by atoms with Crippen LogP contribution in [0.15, 0.2) is 54.1 Å². The van der Waals surface area contributed by atoms with E-state index >= 15 is 0 Å². The molecular formula is C27H34N2O5. The molecule has 7 heteroatoms. The lowest BCUT2D eigenvalue weighted by molar-refractivity contribution is -0.140. The van der Waals surface area contributed by atoms with Gasteiger partial charge in [-0.05, 0) is 83.8 Å². The van der Waals surface area contributed by atoms with Crippen molar-refractivity contribution in [3.8, 4) is 11.5 Å². The van der Waals surface area contributed by atoms with Gasteiger partial charge < -0.3 is 24.4 Å². The number of rotatable bonds is 9. The third-order valence-corrected chi connectivity index (χ3v) is 5.40. The van der Waals surface area contributed by atoms with Crippen LogP contribution in [-0.2, 0) is 9.59 Å². The maximum Gasteiger partial charge on any atom is 0.295 e. The molecule has 0 unspecified atom stereocenters. The molecule has 1 aliphatic heterocycles. The number of likely N-dealkylation sites (N-methyl/N-ethyl adjacent to an activating group) is 1. The number of aliphatic hydroxyl groups is 1. The number of hydrogen-bond donors (Lipinski definition) is 1. The summed E-state index contributed by atoms with van der Waals surface area (Å²) in [5, 5.41) is 11.2. The highest BCUT2D eigenvalue weighted by Gasteiger charge is 2.45. The summed E-state index contributed by atoms with van der Waals surface area (Å²) in [6, 6.07) is 13.5. The Morgan fingerprint density at radius 2 is 1.41 bits per heavy atom. The maximum absolute atomic E-state index is 13.1. The van der Waals surface area contributed by atoms with Crippen molar-refractivity contribution in [2.75, 3.05) is 27.2 Å². The summed E-state index contributed by atoms with van der Waals surface area (Å²) in [7, 11) is 3.81. The number of ether oxygens (including phenoxy) is 2. The van der Waals surface area contributed by atoms with Crippen molar-refractivity contribution in [3.05, 3.63) is 65.2 Å². The topological polar surface area (TPSA) is 79.3 Å². The molecule has 0 aromatic heterocycles. The van der Waals surface area contributed by atoms with Gasteiger partial charge in [0, 0.05) is 18.7 Å². The minimum absolute atomic E-state index is 0.0177. The average Bonchev–Trinajstić information content (AvgIpc) is 3.02. The highest BCUT2D eigenvalue weighted by molar-refractivity contribution is 6.46. The zero-order valence-corrected chi connectivity index (χ0v) is 20.7. The largest absolute Gasteiger partial charge is 0.507 e. The van der Waals surface area contributed by atoms with E-state index in [1.165, 1.54) is 4.90 Å². The Hall–Kier alpha value is -3.32. The zero-order valence-electron chi connectivity index (χ0n) is 20.7. The van der Waals surface area contributed by atoms with Crippen LogP contribution in [0.1, 0.15) is 44.9 Å². The van der Waals surface area contributed by atoms with Crippen LogP contribution in [0.2, 0.25) is 0 Å². The van der Waals surface area contributed by atoms with Crippen LogP contribution in [0.4, 0.5) is 0 Å². The Morgan fingerprint density at radius 3 is 1.88 bits per heavy atom. The summed E-state index contributed by atoms with van der Waals surface area (Å²) in [4.78, 5) is 29.6. The van der Waals surface area contributed by atoms with Gasteiger partial charge in [0.1, 0.15) is 17.3 Å². The maximum atomic E-state index is 13.1. The molecular weight excluding hydrogens is 432 g/mol. The molecule has 1 aliphatic rings. The van der Waals surface area contributed by atoms with Crippen molar-refractivity contribution in [1.29, 1.82) is 0 Å². The first-order valence-corrected chi connectivity index (χ1v) is 11.5. The molecule has 1 saturated heterocycles. The standard InChI is InChI=1S/C27H34N2O5/c1-17(2)33-21-11-7-19(8-12-21)24-23(26(31)27(32)29(24)16-15-28(5)6)25(30)20-9-13-22(14-10-20)34-18(3)4/h7-14,17-18,24,30H,15-16H2,1-6H3/t24-/m0/s1. The molecule has 1 atom stereocenters. The second kappa shape index (κ2) is 10.7. The highest BCUT2D eigenvalue weighted by atomic mass is 16.5. The Balaban J connectivity index is 2.05. The molecule has 34 heavy (non-hydrogen) atoms. The minimum Gasteiger partial charge on any atom is -0.507 e. The molecule has 2 aromatic carbocycles. The van der Waals surface area contributed by atoms with Gasteiger partial charge in [-0.25, -0.2) is 0 Å². The Bertz CT molecular complexity index is 1040. The predicted octanol–water partition coefficient (Wildman–Crippen LogP) is 4.24. The van der Waals surface area contributed by atoms with Crippen LogP contribution >= 0.6 is 0 Å². The van der Waals surface area contributed by atoms with Crippen LogP contribution in [0.25, 0.3) is 5.76 Å². The lowest BCUT2D eigenvalue weighted by Gasteiger charge is -2.26. The van der Waals surface area contributed by atoms with E-state index in [0.29, 0.717) is 30.2 Å². The van der Waals surface area contributed by atoms with Gasteiger partial charge >= 0.3 is 0 Å². The van der Waals surface area contributed by atoms with Gasteiger partial charge in [-0.15, -0.1) is 0 Å². The number of likely N-dealkylation sites (tertiary alicyclic amines) is 1. The number of hydrogen-bond acceptors (Lipinski definition) is 6. The van der Waals surface area contributed by atoms with Crippen LogP contribution in [0.3, 0.4) is 0 Å². The zero-order chi connectivity index (χ0) is 25.0. The van der Waals surface area contributed by atoms with Crippen molar-refractivity contribution in [2.24, 2.45) is 0 Å². The molecule has 1 amide bonds. The van der Waals surface area contributed by atoms with Crippen LogP contribution in [0, 0.1) is 0 Å². The first kappa shape index (κ1) is 25.3. The fraction of sp³-hybridized carbons (Fsp3) is 0.407. The van der Waals surface area contributed by atoms with E-state index in [1.54, 1.807) is 24.3 Å². The summed E-state index contributed by atoms with van der Waals surface area (Å²) in [6.45, 7) is 8.69. The minimum atomic E-state index is -0.695. The molecule has 0 bridgehead atoms. The summed E-state index contributed by atoms with van der Waals surface area (Å²) in [5.41, 5.74) is 1.26. The monoisotopic (exact) mass is 466 g/mol. The molecule has 1 heterocycles. The summed E-state index contributed by atoms with van der Waals surface area (Å²) < 4.78 is 11.4. The lowest BCUT2D eigenvalue weighted by atomic mass is 9.95. The summed E-state index contributed by atoms with van der Waals surface area (Å²) in [6.07, 6.45) is 0.0448. The third kappa shape index (κ3) is 5.78. The van der Waals surface area contributed by atoms with Crippen LogP contribution in [0.5, 0.6) is 11.5 Å². The van der Waals surface area contributed by atoms with E-state index in [4.69, 9.17) is 9.47 Å². The smallest absolute Gasteiger partial charge is 0.295 e. The van der Waals surface area contributed by atoms with Crippen molar-refractivity contribution in [1.82, 2.24) is 9.80 Å². The van der Waals surface area contributed by atoms with Crippen LogP contribution < -0.4 is 9.47 Å². The van der Waals surface area contributed by atoms with Crippen LogP contribution in [-0.4, -0.2) is 66.0 Å². The van der Waals surface area contributed by atoms with Gasteiger partial charge in [0.2, 0.25) is 0 Å². The number of carbonyl (C=O) groups excluding carboxylic acids is 2. The Kier molecular flexibility index (Phi) is 7.99. The van der Waals surface area contributed by atoms with Gasteiger partial charge in [0.15, 0.2) is 0 Å². The molecule has 7 nitrogen and oxygen atoms in total. The molecule has 0 saturated carbocycles. The Labute approximate surface area is 201 Å². The van der Waals surface area contributed by atoms with E-state index in [1.807, 2.05) is 71.0 Å². The Morgan fingerprint density at radius 1 is 0.912 bits per heavy atom. The first-order chi connectivity index (χ1) is 16.1. The van der Waals surface area contributed by atoms with E-state index in [2.05, 4.69) is 0 Å². The molecule has 0 spiro atoms. The second-order valence-electron chi connectivity index (χ2n) is 9.22. The number of aliphatic hydroxyl groups excluding tert-OH is 1. The number of nitrogens with zero attached hydrogens (tertiary/aromatic N) is 2. The molecule has 1 N–H and O–H groups in total. The number of amides is 1. The van der Waals surface area contributed by atoms with Crippen molar-refractivity contribution < 1.29 is 24.2 Å². The molecule has 182 valence electrons. The average molecular weight is 467 g/mol. The molecule has 1 fully saturated rings. The van der Waals surface area contributed by atoms with Gasteiger partial charge in [0.05, 0.1) is 23.8 Å². The number of ketones is 1. The number of carbonyl (C=O) groups is 2. The van der Waals surface area contributed by atoms with Gasteiger partial charge in [-0.3, -0.25) is 9.59 Å². The van der Waals surface area contributed by atoms with Gasteiger partial charge in [0.25, 0.3) is 11.7 Å². The van der Waals surface area contributed by atoms with Gasteiger partial charge in [-0.2, -0.15) is 0 Å². The SMILES string of the molecule is CC(C)Oc1ccc(C(O)=C2C(=O)C(=O)N(CCN(C)C)[C@H]2c2ccc(OC(C)C)cc2)cc1. The molecule has 0 aliphatic carbocycles. The normalized spacial score (nSPS) is 17.8. The van der Waals surface area contributed by atoms with Crippen molar-refractivity contribution in [2.45, 2.75) is 45.9 Å². The van der Waals surface area contributed by atoms with E-state index in [0.717, 1.165) is 5.56 Å². The highest BCUT2D eigenvalue weighted by Crippen LogP contribution is 2.40. The summed E-state index contributed by atoms with van der Waals surface area (Å²) in [5.74, 6) is -0.142. The van der Waals surface area contributed by atoms with E-state index < -0.39 is 17.7 Å². The quantitative estimate of drug-likeness (QED) is 0.338. The summed E-state index contributed by atoms with van der Waals surface area (Å²) >= 11 is 0. The fourth-order valence-corrected chi connectivity index (χ4v) is 3.88. The van der Waals surface area contributed by atoms with E-state index in [-0.39, 0.29) is 23.5 Å². The second-order valence-corrected chi connectivity index (χ2v) is 9.22. The van der Waals surface area contributed by atoms with Crippen molar-refractivity contribution >= 4 is 17.4 Å². The van der Waals surface area contributed by atoms with Crippen molar-refractivity contribution in [3.63, 3.8) is 0 Å². The molecule has 3 rings (SSSR count). The lowest BCUT2D eigenvalue weighted by Crippen LogP contribution is -2.35. The number of benzene rings is 2. The molecule has 0 radical (unpaired) electrons. The number of Topliss-reactive ketones (excluding diaryl/α,β-unsaturated/α-hetero) is 1. The molecule has 2 aromatic rings. The van der Waals surface area contributed by atoms with Gasteiger partial charge in [-0.1, -0.05) is 12.1 Å². The van der Waals surface area contributed by atoms with E-state index in [9.17, 15) is 14.7 Å². The fourth-order valence-electron chi connectivity index (χ4n) is 3.88. The third-order valence-electron chi connectivity index (χ3n) is 5.40.